The Hall–Kier alpha value is -2.08. The minimum atomic E-state index is 0.0503. The molecule has 1 saturated heterocycles. The number of amides is 1. The van der Waals surface area contributed by atoms with Crippen molar-refractivity contribution in [3.05, 3.63) is 41.4 Å². The monoisotopic (exact) mass is 316 g/mol. The molecule has 0 aliphatic carbocycles. The zero-order chi connectivity index (χ0) is 16.6. The number of hydrogen-bond donors (Lipinski definition) is 0. The molecule has 3 heterocycles. The van der Waals surface area contributed by atoms with E-state index < -0.39 is 0 Å². The minimum absolute atomic E-state index is 0.0503. The number of aromatic nitrogens is 2. The molecule has 3 rings (SSSR count). The first-order chi connectivity index (χ1) is 11.0. The van der Waals surface area contributed by atoms with Crippen molar-refractivity contribution in [3.63, 3.8) is 0 Å². The third-order valence-corrected chi connectivity index (χ3v) is 4.61. The molecule has 0 saturated carbocycles. The van der Waals surface area contributed by atoms with Crippen molar-refractivity contribution in [1.82, 2.24) is 19.4 Å². The first kappa shape index (κ1) is 15.8. The summed E-state index contributed by atoms with van der Waals surface area (Å²) in [6.45, 7) is 9.06. The predicted octanol–water partition coefficient (Wildman–Crippen LogP) is 2.15. The summed E-state index contributed by atoms with van der Waals surface area (Å²) in [4.78, 5) is 21.6. The van der Waals surface area contributed by atoms with E-state index in [1.807, 2.05) is 48.8 Å². The zero-order valence-electron chi connectivity index (χ0n) is 14.2. The Morgan fingerprint density at radius 1 is 1.39 bits per heavy atom. The summed E-state index contributed by atoms with van der Waals surface area (Å²) in [6, 6.07) is 1.96. The molecule has 1 aliphatic heterocycles. The van der Waals surface area contributed by atoms with Gasteiger partial charge in [0.2, 0.25) is 0 Å². The summed E-state index contributed by atoms with van der Waals surface area (Å²) in [5.41, 5.74) is 0.672. The molecule has 6 heteroatoms. The van der Waals surface area contributed by atoms with Crippen molar-refractivity contribution in [2.24, 2.45) is 7.05 Å². The molecule has 1 amide bonds. The molecule has 2 aromatic heterocycles. The average molecular weight is 316 g/mol. The third kappa shape index (κ3) is 2.91. The van der Waals surface area contributed by atoms with Crippen LogP contribution in [0.3, 0.4) is 0 Å². The van der Waals surface area contributed by atoms with E-state index in [1.165, 1.54) is 0 Å². The maximum absolute atomic E-state index is 12.8. The minimum Gasteiger partial charge on any atom is -0.466 e. The van der Waals surface area contributed by atoms with Gasteiger partial charge in [0.25, 0.3) is 5.91 Å². The lowest BCUT2D eigenvalue weighted by Gasteiger charge is -2.40. The van der Waals surface area contributed by atoms with E-state index >= 15 is 0 Å². The van der Waals surface area contributed by atoms with Crippen LogP contribution in [0.1, 0.15) is 40.7 Å². The Kier molecular flexibility index (Phi) is 4.26. The van der Waals surface area contributed by atoms with Gasteiger partial charge in [-0.2, -0.15) is 0 Å². The van der Waals surface area contributed by atoms with Gasteiger partial charge < -0.3 is 13.9 Å². The fourth-order valence-electron chi connectivity index (χ4n) is 3.34. The molecule has 124 valence electrons. The second kappa shape index (κ2) is 6.20. The lowest BCUT2D eigenvalue weighted by atomic mass is 10.1. The van der Waals surface area contributed by atoms with Crippen LogP contribution >= 0.6 is 0 Å². The average Bonchev–Trinajstić information content (AvgIpc) is 3.11. The Bertz CT molecular complexity index is 703. The zero-order valence-corrected chi connectivity index (χ0v) is 14.2. The van der Waals surface area contributed by atoms with Crippen molar-refractivity contribution in [2.45, 2.75) is 26.8 Å². The van der Waals surface area contributed by atoms with Crippen molar-refractivity contribution >= 4 is 5.91 Å². The Morgan fingerprint density at radius 2 is 2.17 bits per heavy atom. The van der Waals surface area contributed by atoms with Gasteiger partial charge in [-0.3, -0.25) is 9.69 Å². The topological polar surface area (TPSA) is 54.5 Å². The van der Waals surface area contributed by atoms with E-state index in [2.05, 4.69) is 16.8 Å². The maximum atomic E-state index is 12.8. The van der Waals surface area contributed by atoms with E-state index in [0.717, 1.165) is 31.2 Å². The number of hydrogen-bond acceptors (Lipinski definition) is 4. The molecule has 2 aromatic rings. The van der Waals surface area contributed by atoms with Crippen LogP contribution in [0.4, 0.5) is 0 Å². The van der Waals surface area contributed by atoms with Gasteiger partial charge in [-0.25, -0.2) is 4.98 Å². The second-order valence-electron chi connectivity index (χ2n) is 6.12. The van der Waals surface area contributed by atoms with E-state index in [1.54, 1.807) is 0 Å². The van der Waals surface area contributed by atoms with Gasteiger partial charge in [0.05, 0.1) is 11.6 Å². The van der Waals surface area contributed by atoms with Gasteiger partial charge in [0, 0.05) is 39.1 Å². The van der Waals surface area contributed by atoms with Crippen LogP contribution in [0.5, 0.6) is 0 Å². The number of rotatable bonds is 3. The highest BCUT2D eigenvalue weighted by molar-refractivity contribution is 5.95. The quantitative estimate of drug-likeness (QED) is 0.870. The standard InChI is InChI=1S/C17H24N4O2/c1-5-20-8-9-21(11-15(20)16-18-6-7-19(16)4)17(22)14-10-12(2)23-13(14)3/h6-7,10,15H,5,8-9,11H2,1-4H3/t15-/m0/s1. The number of carbonyl (C=O) groups is 1. The molecule has 6 nitrogen and oxygen atoms in total. The molecule has 0 radical (unpaired) electrons. The Labute approximate surface area is 136 Å². The predicted molar refractivity (Wildman–Crippen MR) is 87.3 cm³/mol. The molecule has 1 atom stereocenters. The molecule has 1 aliphatic rings. The molecule has 0 spiro atoms. The van der Waals surface area contributed by atoms with E-state index in [0.29, 0.717) is 17.9 Å². The van der Waals surface area contributed by atoms with Crippen LogP contribution in [0.15, 0.2) is 22.9 Å². The molecule has 0 bridgehead atoms. The smallest absolute Gasteiger partial charge is 0.257 e. The summed E-state index contributed by atoms with van der Waals surface area (Å²) >= 11 is 0. The maximum Gasteiger partial charge on any atom is 0.257 e. The first-order valence-corrected chi connectivity index (χ1v) is 8.08. The van der Waals surface area contributed by atoms with Gasteiger partial charge in [0.15, 0.2) is 0 Å². The normalized spacial score (nSPS) is 19.3. The van der Waals surface area contributed by atoms with Gasteiger partial charge >= 0.3 is 0 Å². The molecule has 0 N–H and O–H groups in total. The fraction of sp³-hybridized carbons (Fsp3) is 0.529. The highest BCUT2D eigenvalue weighted by Crippen LogP contribution is 2.26. The van der Waals surface area contributed by atoms with Crippen molar-refractivity contribution in [3.8, 4) is 0 Å². The molecular weight excluding hydrogens is 292 g/mol. The van der Waals surface area contributed by atoms with Crippen LogP contribution in [-0.4, -0.2) is 51.4 Å². The third-order valence-electron chi connectivity index (χ3n) is 4.61. The number of furan rings is 1. The summed E-state index contributed by atoms with van der Waals surface area (Å²) in [5.74, 6) is 2.52. The molecular formula is C17H24N4O2. The number of likely N-dealkylation sites (N-methyl/N-ethyl adjacent to an activating group) is 1. The largest absolute Gasteiger partial charge is 0.466 e. The Morgan fingerprint density at radius 3 is 2.74 bits per heavy atom. The summed E-state index contributed by atoms with van der Waals surface area (Å²) < 4.78 is 7.55. The molecule has 1 fully saturated rings. The van der Waals surface area contributed by atoms with Crippen LogP contribution in [0.25, 0.3) is 0 Å². The SMILES string of the molecule is CCN1CCN(C(=O)c2cc(C)oc2C)C[C@H]1c1nccn1C. The second-order valence-corrected chi connectivity index (χ2v) is 6.12. The number of imidazole rings is 1. The molecule has 0 unspecified atom stereocenters. The lowest BCUT2D eigenvalue weighted by Crippen LogP contribution is -2.51. The number of piperazine rings is 1. The van der Waals surface area contributed by atoms with E-state index in [4.69, 9.17) is 4.42 Å². The number of nitrogens with zero attached hydrogens (tertiary/aromatic N) is 4. The summed E-state index contributed by atoms with van der Waals surface area (Å²) in [6.07, 6.45) is 3.76. The Balaban J connectivity index is 1.84. The van der Waals surface area contributed by atoms with E-state index in [-0.39, 0.29) is 11.9 Å². The van der Waals surface area contributed by atoms with Gasteiger partial charge in [-0.15, -0.1) is 0 Å². The van der Waals surface area contributed by atoms with Crippen LogP contribution in [0, 0.1) is 13.8 Å². The van der Waals surface area contributed by atoms with Crippen LogP contribution in [0.2, 0.25) is 0 Å². The van der Waals surface area contributed by atoms with Gasteiger partial charge in [0.1, 0.15) is 17.3 Å². The summed E-state index contributed by atoms with van der Waals surface area (Å²) in [7, 11) is 2.00. The van der Waals surface area contributed by atoms with Crippen LogP contribution < -0.4 is 0 Å². The van der Waals surface area contributed by atoms with Crippen LogP contribution in [-0.2, 0) is 7.05 Å². The first-order valence-electron chi connectivity index (χ1n) is 8.08. The van der Waals surface area contributed by atoms with Crippen molar-refractivity contribution in [1.29, 1.82) is 0 Å². The fourth-order valence-corrected chi connectivity index (χ4v) is 3.34. The summed E-state index contributed by atoms with van der Waals surface area (Å²) in [5, 5.41) is 0. The van der Waals surface area contributed by atoms with Crippen molar-refractivity contribution in [2.75, 3.05) is 26.2 Å². The van der Waals surface area contributed by atoms with Crippen molar-refractivity contribution < 1.29 is 9.21 Å². The van der Waals surface area contributed by atoms with Gasteiger partial charge in [-0.05, 0) is 26.5 Å². The van der Waals surface area contributed by atoms with E-state index in [9.17, 15) is 4.79 Å². The number of carbonyl (C=O) groups excluding carboxylic acids is 1. The highest BCUT2D eigenvalue weighted by Gasteiger charge is 2.33. The highest BCUT2D eigenvalue weighted by atomic mass is 16.3. The van der Waals surface area contributed by atoms with Gasteiger partial charge in [-0.1, -0.05) is 6.92 Å². The molecule has 0 aromatic carbocycles. The number of aryl methyl sites for hydroxylation is 3. The molecule has 23 heavy (non-hydrogen) atoms. The lowest BCUT2D eigenvalue weighted by molar-refractivity contribution is 0.0471.